The van der Waals surface area contributed by atoms with Crippen molar-refractivity contribution in [3.05, 3.63) is 94.6 Å². The molecule has 1 unspecified atom stereocenters. The van der Waals surface area contributed by atoms with E-state index in [9.17, 15) is 19.5 Å². The smallest absolute Gasteiger partial charge is 0.308 e. The average Bonchev–Trinajstić information content (AvgIpc) is 3.10. The Bertz CT molecular complexity index is 1360. The van der Waals surface area contributed by atoms with Gasteiger partial charge in [0, 0.05) is 18.2 Å². The first-order chi connectivity index (χ1) is 16.7. The lowest BCUT2D eigenvalue weighted by molar-refractivity contribution is -0.132. The normalized spacial score (nSPS) is 16.9. The summed E-state index contributed by atoms with van der Waals surface area (Å²) in [5, 5.41) is 11.4. The number of ketones is 1. The van der Waals surface area contributed by atoms with Crippen LogP contribution in [0, 0.1) is 13.8 Å². The maximum absolute atomic E-state index is 13.4. The van der Waals surface area contributed by atoms with Crippen LogP contribution in [0.5, 0.6) is 11.5 Å². The van der Waals surface area contributed by atoms with Crippen molar-refractivity contribution in [3.8, 4) is 11.5 Å². The van der Waals surface area contributed by atoms with Crippen LogP contribution in [0.4, 0.5) is 5.69 Å². The molecule has 1 aliphatic heterocycles. The lowest BCUT2D eigenvalue weighted by Crippen LogP contribution is -2.29. The number of aryl methyl sites for hydroxylation is 2. The number of hydrogen-bond donors (Lipinski definition) is 1. The Kier molecular flexibility index (Phi) is 6.42. The molecule has 3 aromatic carbocycles. The molecular weight excluding hydrogens is 446 g/mol. The Morgan fingerprint density at radius 3 is 2.31 bits per heavy atom. The fourth-order valence-electron chi connectivity index (χ4n) is 4.21. The second-order valence-corrected chi connectivity index (χ2v) is 8.35. The predicted molar refractivity (Wildman–Crippen MR) is 131 cm³/mol. The average molecular weight is 472 g/mol. The van der Waals surface area contributed by atoms with E-state index in [0.717, 1.165) is 11.1 Å². The number of ether oxygens (including phenoxy) is 2. The highest BCUT2D eigenvalue weighted by atomic mass is 16.5. The number of rotatable bonds is 5. The Labute approximate surface area is 203 Å². The lowest BCUT2D eigenvalue weighted by Gasteiger charge is -2.26. The van der Waals surface area contributed by atoms with Crippen LogP contribution >= 0.6 is 0 Å². The highest BCUT2D eigenvalue weighted by Gasteiger charge is 2.47. The van der Waals surface area contributed by atoms with Gasteiger partial charge in [-0.3, -0.25) is 19.3 Å². The second kappa shape index (κ2) is 9.46. The minimum Gasteiger partial charge on any atom is -0.507 e. The van der Waals surface area contributed by atoms with Crippen LogP contribution < -0.4 is 14.4 Å². The first-order valence-corrected chi connectivity index (χ1v) is 11.0. The topological polar surface area (TPSA) is 93.1 Å². The molecule has 0 saturated carbocycles. The van der Waals surface area contributed by atoms with Gasteiger partial charge in [-0.25, -0.2) is 0 Å². The standard InChI is InChI=1S/C28H25NO6/c1-16-8-9-17(2)23(14-16)26(31)24-25(19-6-5-7-22(15-19)35-18(3)30)29(28(33)27(24)32)20-10-12-21(34-4)13-11-20/h5-15,25,31H,1-4H3/b26-24+. The van der Waals surface area contributed by atoms with Crippen LogP contribution in [0.15, 0.2) is 72.3 Å². The molecule has 0 aliphatic carbocycles. The summed E-state index contributed by atoms with van der Waals surface area (Å²) in [7, 11) is 1.53. The van der Waals surface area contributed by atoms with Gasteiger partial charge in [0.15, 0.2) is 0 Å². The Morgan fingerprint density at radius 2 is 1.66 bits per heavy atom. The number of amides is 1. The van der Waals surface area contributed by atoms with E-state index in [-0.39, 0.29) is 17.1 Å². The van der Waals surface area contributed by atoms with E-state index in [2.05, 4.69) is 0 Å². The van der Waals surface area contributed by atoms with Crippen LogP contribution in [0.25, 0.3) is 5.76 Å². The maximum Gasteiger partial charge on any atom is 0.308 e. The van der Waals surface area contributed by atoms with Gasteiger partial charge in [0.05, 0.1) is 18.7 Å². The zero-order valence-electron chi connectivity index (χ0n) is 19.9. The lowest BCUT2D eigenvalue weighted by atomic mass is 9.93. The molecule has 1 fully saturated rings. The molecule has 1 saturated heterocycles. The number of nitrogens with zero attached hydrogens (tertiary/aromatic N) is 1. The van der Waals surface area contributed by atoms with Crippen LogP contribution in [0.3, 0.4) is 0 Å². The van der Waals surface area contributed by atoms with Gasteiger partial charge in [-0.05, 0) is 67.4 Å². The van der Waals surface area contributed by atoms with E-state index in [1.54, 1.807) is 54.6 Å². The van der Waals surface area contributed by atoms with E-state index in [1.165, 1.54) is 18.9 Å². The van der Waals surface area contributed by atoms with Gasteiger partial charge in [0.2, 0.25) is 0 Å². The molecule has 3 aromatic rings. The molecule has 0 aromatic heterocycles. The fraction of sp³-hybridized carbons (Fsp3) is 0.179. The minimum absolute atomic E-state index is 0.0421. The molecule has 0 bridgehead atoms. The van der Waals surface area contributed by atoms with Gasteiger partial charge in [-0.1, -0.05) is 29.8 Å². The molecular formula is C28H25NO6. The first-order valence-electron chi connectivity index (χ1n) is 11.0. The number of hydrogen-bond acceptors (Lipinski definition) is 6. The van der Waals surface area contributed by atoms with Crippen molar-refractivity contribution in [1.82, 2.24) is 0 Å². The first kappa shape index (κ1) is 23.8. The summed E-state index contributed by atoms with van der Waals surface area (Å²) in [6.07, 6.45) is 0. The number of anilines is 1. The molecule has 0 spiro atoms. The van der Waals surface area contributed by atoms with Crippen molar-refractivity contribution in [1.29, 1.82) is 0 Å². The largest absolute Gasteiger partial charge is 0.507 e. The third-order valence-corrected chi connectivity index (χ3v) is 5.88. The highest BCUT2D eigenvalue weighted by Crippen LogP contribution is 2.43. The molecule has 1 aliphatic rings. The van der Waals surface area contributed by atoms with E-state index in [0.29, 0.717) is 22.6 Å². The molecule has 4 rings (SSSR count). The zero-order valence-corrected chi connectivity index (χ0v) is 19.9. The molecule has 1 N–H and O–H groups in total. The predicted octanol–water partition coefficient (Wildman–Crippen LogP) is 4.86. The number of aliphatic hydroxyl groups excluding tert-OH is 1. The summed E-state index contributed by atoms with van der Waals surface area (Å²) < 4.78 is 10.4. The number of Topliss-reactive ketones (excluding diaryl/α,β-unsaturated/α-hetero) is 1. The van der Waals surface area contributed by atoms with Gasteiger partial charge in [0.25, 0.3) is 11.7 Å². The third-order valence-electron chi connectivity index (χ3n) is 5.88. The van der Waals surface area contributed by atoms with Crippen molar-refractivity contribution in [2.75, 3.05) is 12.0 Å². The van der Waals surface area contributed by atoms with Crippen molar-refractivity contribution in [2.45, 2.75) is 26.8 Å². The number of methoxy groups -OCH3 is 1. The molecule has 7 nitrogen and oxygen atoms in total. The Morgan fingerprint density at radius 1 is 0.943 bits per heavy atom. The van der Waals surface area contributed by atoms with Crippen LogP contribution in [-0.4, -0.2) is 29.9 Å². The van der Waals surface area contributed by atoms with Gasteiger partial charge < -0.3 is 14.6 Å². The quantitative estimate of drug-likeness (QED) is 0.188. The summed E-state index contributed by atoms with van der Waals surface area (Å²) in [4.78, 5) is 39.5. The molecule has 1 amide bonds. The fourth-order valence-corrected chi connectivity index (χ4v) is 4.21. The van der Waals surface area contributed by atoms with E-state index >= 15 is 0 Å². The zero-order chi connectivity index (χ0) is 25.3. The molecule has 0 radical (unpaired) electrons. The molecule has 178 valence electrons. The highest BCUT2D eigenvalue weighted by molar-refractivity contribution is 6.51. The molecule has 35 heavy (non-hydrogen) atoms. The Balaban J connectivity index is 1.95. The van der Waals surface area contributed by atoms with E-state index < -0.39 is 23.7 Å². The van der Waals surface area contributed by atoms with Crippen LogP contribution in [-0.2, 0) is 14.4 Å². The number of esters is 1. The van der Waals surface area contributed by atoms with Gasteiger partial charge in [0.1, 0.15) is 17.3 Å². The number of benzene rings is 3. The van der Waals surface area contributed by atoms with Crippen molar-refractivity contribution >= 4 is 29.1 Å². The van der Waals surface area contributed by atoms with Crippen molar-refractivity contribution < 1.29 is 29.0 Å². The van der Waals surface area contributed by atoms with Gasteiger partial charge in [-0.2, -0.15) is 0 Å². The molecule has 1 atom stereocenters. The SMILES string of the molecule is COc1ccc(N2C(=O)C(=O)/C(=C(/O)c3cc(C)ccc3C)C2c2cccc(OC(C)=O)c2)cc1. The molecule has 7 heteroatoms. The number of aliphatic hydroxyl groups is 1. The third kappa shape index (κ3) is 4.53. The van der Waals surface area contributed by atoms with E-state index in [1.807, 2.05) is 26.0 Å². The van der Waals surface area contributed by atoms with Crippen molar-refractivity contribution in [2.24, 2.45) is 0 Å². The monoisotopic (exact) mass is 471 g/mol. The summed E-state index contributed by atoms with van der Waals surface area (Å²) in [5.74, 6) is -1.48. The minimum atomic E-state index is -0.946. The Hall–Kier alpha value is -4.39. The van der Waals surface area contributed by atoms with E-state index in [4.69, 9.17) is 9.47 Å². The van der Waals surface area contributed by atoms with Crippen LogP contribution in [0.1, 0.15) is 35.2 Å². The number of carbonyl (C=O) groups excluding carboxylic acids is 3. The number of carbonyl (C=O) groups is 3. The van der Waals surface area contributed by atoms with Gasteiger partial charge in [-0.15, -0.1) is 0 Å². The molecule has 1 heterocycles. The summed E-state index contributed by atoms with van der Waals surface area (Å²) in [6, 6.07) is 17.9. The summed E-state index contributed by atoms with van der Waals surface area (Å²) >= 11 is 0. The second-order valence-electron chi connectivity index (χ2n) is 8.35. The summed E-state index contributed by atoms with van der Waals surface area (Å²) in [5.41, 5.74) is 3.05. The summed E-state index contributed by atoms with van der Waals surface area (Å²) in [6.45, 7) is 4.99. The maximum atomic E-state index is 13.4. The van der Waals surface area contributed by atoms with Gasteiger partial charge >= 0.3 is 5.97 Å². The van der Waals surface area contributed by atoms with Crippen LogP contribution in [0.2, 0.25) is 0 Å². The van der Waals surface area contributed by atoms with Crippen molar-refractivity contribution in [3.63, 3.8) is 0 Å².